The van der Waals surface area contributed by atoms with E-state index in [9.17, 15) is 13.2 Å². The summed E-state index contributed by atoms with van der Waals surface area (Å²) >= 11 is 6.25. The van der Waals surface area contributed by atoms with E-state index in [0.29, 0.717) is 16.8 Å². The second kappa shape index (κ2) is 9.73. The monoisotopic (exact) mass is 466 g/mol. The Hall–Kier alpha value is -3.53. The highest BCUT2D eigenvalue weighted by molar-refractivity contribution is 6.32. The summed E-state index contributed by atoms with van der Waals surface area (Å²) in [6, 6.07) is 14.2. The van der Waals surface area contributed by atoms with Gasteiger partial charge in [0, 0.05) is 11.4 Å². The number of carboxylic acids is 1. The summed E-state index contributed by atoms with van der Waals surface area (Å²) in [5.74, 6) is -0.820. The van der Waals surface area contributed by atoms with Gasteiger partial charge in [-0.1, -0.05) is 23.7 Å². The molecule has 11 heteroatoms. The van der Waals surface area contributed by atoms with E-state index in [1.807, 2.05) is 24.3 Å². The lowest BCUT2D eigenvalue weighted by molar-refractivity contribution is -0.192. The van der Waals surface area contributed by atoms with Crippen molar-refractivity contribution in [1.29, 1.82) is 0 Å². The lowest BCUT2D eigenvalue weighted by Crippen LogP contribution is -2.21. The third-order valence-corrected chi connectivity index (χ3v) is 4.67. The second-order valence-corrected chi connectivity index (χ2v) is 7.08. The Balaban J connectivity index is 0.000000360. The summed E-state index contributed by atoms with van der Waals surface area (Å²) in [6.45, 7) is 0. The first-order valence-corrected chi connectivity index (χ1v) is 9.66. The number of carbonyl (C=O) groups is 1. The van der Waals surface area contributed by atoms with Crippen molar-refractivity contribution in [1.82, 2.24) is 9.97 Å². The zero-order valence-electron chi connectivity index (χ0n) is 16.7. The molecule has 2 aromatic carbocycles. The lowest BCUT2D eigenvalue weighted by Gasteiger charge is -2.12. The summed E-state index contributed by atoms with van der Waals surface area (Å²) in [6.07, 6.45) is -1.71. The molecular weight excluding hydrogens is 449 g/mol. The predicted molar refractivity (Wildman–Crippen MR) is 114 cm³/mol. The van der Waals surface area contributed by atoms with Crippen LogP contribution in [-0.2, 0) is 17.6 Å². The molecule has 2 heterocycles. The molecule has 0 saturated heterocycles. The van der Waals surface area contributed by atoms with Gasteiger partial charge in [0.1, 0.15) is 10.8 Å². The molecule has 3 aromatic rings. The highest BCUT2D eigenvalue weighted by Gasteiger charge is 2.38. The fourth-order valence-corrected chi connectivity index (χ4v) is 3.05. The molecule has 4 rings (SSSR count). The number of methoxy groups -OCH3 is 1. The fraction of sp³-hybridized carbons (Fsp3) is 0.190. The molecule has 1 aromatic heterocycles. The van der Waals surface area contributed by atoms with Gasteiger partial charge in [0.2, 0.25) is 5.95 Å². The normalized spacial score (nSPS) is 12.4. The molecule has 0 amide bonds. The van der Waals surface area contributed by atoms with E-state index < -0.39 is 12.1 Å². The van der Waals surface area contributed by atoms with E-state index in [2.05, 4.69) is 38.8 Å². The van der Waals surface area contributed by atoms with Crippen molar-refractivity contribution in [2.45, 2.75) is 19.0 Å². The van der Waals surface area contributed by atoms with Crippen LogP contribution in [0.15, 0.2) is 48.7 Å². The molecule has 0 radical (unpaired) electrons. The zero-order valence-corrected chi connectivity index (χ0v) is 17.5. The number of hydrogen-bond acceptors (Lipinski definition) is 6. The molecule has 0 fully saturated rings. The number of ether oxygens (including phenoxy) is 1. The van der Waals surface area contributed by atoms with Crippen LogP contribution in [0.25, 0.3) is 0 Å². The number of fused-ring (bicyclic) bond motifs is 6. The number of aryl methyl sites for hydroxylation is 2. The number of rotatable bonds is 1. The largest absolute Gasteiger partial charge is 0.496 e. The molecule has 1 aliphatic heterocycles. The van der Waals surface area contributed by atoms with Crippen LogP contribution in [-0.4, -0.2) is 34.3 Å². The highest BCUT2D eigenvalue weighted by Crippen LogP contribution is 2.30. The van der Waals surface area contributed by atoms with E-state index in [1.165, 1.54) is 5.56 Å². The van der Waals surface area contributed by atoms with E-state index in [0.717, 1.165) is 35.5 Å². The molecule has 32 heavy (non-hydrogen) atoms. The number of nitrogens with zero attached hydrogens (tertiary/aromatic N) is 2. The van der Waals surface area contributed by atoms with Crippen LogP contribution < -0.4 is 15.4 Å². The van der Waals surface area contributed by atoms with Gasteiger partial charge in [0.05, 0.1) is 13.3 Å². The molecule has 168 valence electrons. The van der Waals surface area contributed by atoms with Gasteiger partial charge < -0.3 is 20.5 Å². The minimum absolute atomic E-state index is 0.464. The Labute approximate surface area is 186 Å². The Morgan fingerprint density at radius 1 is 1.12 bits per heavy atom. The Kier molecular flexibility index (Phi) is 7.04. The van der Waals surface area contributed by atoms with Crippen molar-refractivity contribution in [3.05, 3.63) is 64.8 Å². The van der Waals surface area contributed by atoms with Gasteiger partial charge in [-0.05, 0) is 54.3 Å². The molecule has 0 saturated carbocycles. The number of aliphatic carboxylic acids is 1. The van der Waals surface area contributed by atoms with Crippen molar-refractivity contribution < 1.29 is 27.8 Å². The molecule has 3 N–H and O–H groups in total. The molecule has 0 unspecified atom stereocenters. The smallest absolute Gasteiger partial charge is 0.490 e. The standard InChI is InChI=1S/C19H17ClN4O.C2HF3O2/c1-25-17-8-7-15-10-13(17)6-5-12-3-2-4-14(9-12)23-19-21-11-16(20)18(22-15)24-19;3-2(4,5)1(6)7/h2-4,7-11H,5-6H2,1H3,(H2,21,22,23,24);(H,6,7). The summed E-state index contributed by atoms with van der Waals surface area (Å²) in [4.78, 5) is 17.6. The number of benzene rings is 2. The first-order chi connectivity index (χ1) is 15.2. The number of carboxylic acid groups (broad SMARTS) is 1. The van der Waals surface area contributed by atoms with Crippen LogP contribution in [0.4, 0.5) is 36.3 Å². The van der Waals surface area contributed by atoms with Crippen molar-refractivity contribution in [3.8, 4) is 5.75 Å². The quantitative estimate of drug-likeness (QED) is 0.444. The summed E-state index contributed by atoms with van der Waals surface area (Å²) in [5, 5.41) is 14.1. The van der Waals surface area contributed by atoms with Crippen molar-refractivity contribution in [3.63, 3.8) is 0 Å². The van der Waals surface area contributed by atoms with Crippen LogP contribution in [0.5, 0.6) is 5.75 Å². The van der Waals surface area contributed by atoms with Gasteiger partial charge in [-0.3, -0.25) is 0 Å². The van der Waals surface area contributed by atoms with Crippen molar-refractivity contribution >= 4 is 40.7 Å². The zero-order chi connectivity index (χ0) is 23.3. The van der Waals surface area contributed by atoms with Crippen LogP contribution in [0.1, 0.15) is 11.1 Å². The van der Waals surface area contributed by atoms with Crippen molar-refractivity contribution in [2.24, 2.45) is 0 Å². The topological polar surface area (TPSA) is 96.4 Å². The molecule has 0 atom stereocenters. The first kappa shape index (κ1) is 23.1. The fourth-order valence-electron chi connectivity index (χ4n) is 2.92. The van der Waals surface area contributed by atoms with E-state index in [4.69, 9.17) is 26.2 Å². The van der Waals surface area contributed by atoms with E-state index in [-0.39, 0.29) is 0 Å². The number of anilines is 4. The Morgan fingerprint density at radius 3 is 2.53 bits per heavy atom. The van der Waals surface area contributed by atoms with Gasteiger partial charge in [-0.25, -0.2) is 9.78 Å². The average Bonchev–Trinajstić information content (AvgIpc) is 2.75. The number of aromatic nitrogens is 2. The van der Waals surface area contributed by atoms with Crippen LogP contribution in [0.3, 0.4) is 0 Å². The highest BCUT2D eigenvalue weighted by atomic mass is 35.5. The van der Waals surface area contributed by atoms with Gasteiger partial charge in [-0.2, -0.15) is 18.2 Å². The molecule has 0 aliphatic carbocycles. The number of nitrogens with one attached hydrogen (secondary N) is 2. The maximum Gasteiger partial charge on any atom is 0.490 e. The molecule has 6 bridgehead atoms. The Bertz CT molecular complexity index is 1130. The van der Waals surface area contributed by atoms with E-state index in [1.54, 1.807) is 13.3 Å². The molecule has 0 spiro atoms. The maximum absolute atomic E-state index is 10.6. The maximum atomic E-state index is 10.6. The minimum Gasteiger partial charge on any atom is -0.496 e. The van der Waals surface area contributed by atoms with Crippen LogP contribution in [0.2, 0.25) is 5.02 Å². The number of halogens is 4. The molecule has 7 nitrogen and oxygen atoms in total. The SMILES string of the molecule is COc1ccc2cc1CCc1cccc(c1)Nc1ncc(Cl)c(n1)N2.O=C(O)C(F)(F)F. The number of hydrogen-bond donors (Lipinski definition) is 3. The van der Waals surface area contributed by atoms with Gasteiger partial charge in [-0.15, -0.1) is 0 Å². The van der Waals surface area contributed by atoms with E-state index >= 15 is 0 Å². The summed E-state index contributed by atoms with van der Waals surface area (Å²) < 4.78 is 37.2. The third kappa shape index (κ3) is 6.01. The first-order valence-electron chi connectivity index (χ1n) is 9.28. The Morgan fingerprint density at radius 2 is 1.84 bits per heavy atom. The van der Waals surface area contributed by atoms with Crippen LogP contribution in [0, 0.1) is 0 Å². The summed E-state index contributed by atoms with van der Waals surface area (Å²) in [7, 11) is 1.69. The third-order valence-electron chi connectivity index (χ3n) is 4.40. The van der Waals surface area contributed by atoms with Crippen molar-refractivity contribution in [2.75, 3.05) is 17.7 Å². The second-order valence-electron chi connectivity index (χ2n) is 6.67. The predicted octanol–water partition coefficient (Wildman–Crippen LogP) is 5.36. The minimum atomic E-state index is -5.08. The van der Waals surface area contributed by atoms with Gasteiger partial charge in [0.15, 0.2) is 5.82 Å². The number of alkyl halides is 3. The molecule has 1 aliphatic rings. The van der Waals surface area contributed by atoms with Gasteiger partial charge in [0.25, 0.3) is 0 Å². The lowest BCUT2D eigenvalue weighted by atomic mass is 10.0. The average molecular weight is 467 g/mol. The summed E-state index contributed by atoms with van der Waals surface area (Å²) in [5.41, 5.74) is 4.23. The molecular formula is C21H18ClF3N4O3. The van der Waals surface area contributed by atoms with Gasteiger partial charge >= 0.3 is 12.1 Å². The van der Waals surface area contributed by atoms with Crippen LogP contribution >= 0.6 is 11.6 Å².